The molecule has 0 amide bonds. The molecule has 2 nitrogen and oxygen atoms in total. The molecule has 1 saturated carbocycles. The molecule has 0 spiro atoms. The van der Waals surface area contributed by atoms with Crippen molar-refractivity contribution in [2.45, 2.75) is 25.4 Å². The smallest absolute Gasteiger partial charge is 0.141 e. The Hall–Kier alpha value is -0.550. The van der Waals surface area contributed by atoms with E-state index in [-0.39, 0.29) is 0 Å². The molecule has 0 bridgehead atoms. The van der Waals surface area contributed by atoms with E-state index in [0.717, 1.165) is 37.6 Å². The number of halogens is 3. The molecule has 0 saturated heterocycles. The van der Waals surface area contributed by atoms with Gasteiger partial charge in [-0.1, -0.05) is 27.5 Å². The lowest BCUT2D eigenvalue weighted by Crippen LogP contribution is -2.15. The highest BCUT2D eigenvalue weighted by Gasteiger charge is 2.21. The lowest BCUT2D eigenvalue weighted by atomic mass is 10.2. The van der Waals surface area contributed by atoms with Crippen LogP contribution in [-0.2, 0) is 6.54 Å². The van der Waals surface area contributed by atoms with Gasteiger partial charge in [0, 0.05) is 27.6 Å². The molecule has 0 aliphatic heterocycles. The third-order valence-corrected chi connectivity index (χ3v) is 4.64. The maximum atomic E-state index is 6.10. The van der Waals surface area contributed by atoms with Crippen LogP contribution in [0.4, 0.5) is 0 Å². The van der Waals surface area contributed by atoms with Gasteiger partial charge in [0.25, 0.3) is 0 Å². The Kier molecular flexibility index (Phi) is 4.89. The van der Waals surface area contributed by atoms with Crippen molar-refractivity contribution >= 4 is 43.5 Å². The van der Waals surface area contributed by atoms with Gasteiger partial charge >= 0.3 is 0 Å². The van der Waals surface area contributed by atoms with Crippen LogP contribution >= 0.6 is 43.5 Å². The number of benzene rings is 2. The Morgan fingerprint density at radius 1 is 1.10 bits per heavy atom. The fourth-order valence-electron chi connectivity index (χ4n) is 2.00. The first-order valence-corrected chi connectivity index (χ1v) is 8.73. The molecular formula is C16H14Br2ClNO. The van der Waals surface area contributed by atoms with Crippen molar-refractivity contribution in [2.24, 2.45) is 0 Å². The van der Waals surface area contributed by atoms with Crippen LogP contribution in [0, 0.1) is 0 Å². The summed E-state index contributed by atoms with van der Waals surface area (Å²) in [5.74, 6) is 1.61. The highest BCUT2D eigenvalue weighted by Crippen LogP contribution is 2.34. The van der Waals surface area contributed by atoms with Crippen LogP contribution in [-0.4, -0.2) is 6.04 Å². The average Bonchev–Trinajstić information content (AvgIpc) is 3.26. The predicted molar refractivity (Wildman–Crippen MR) is 93.2 cm³/mol. The van der Waals surface area contributed by atoms with Crippen LogP contribution in [0.3, 0.4) is 0 Å². The van der Waals surface area contributed by atoms with Gasteiger partial charge in [-0.15, -0.1) is 0 Å². The van der Waals surface area contributed by atoms with Gasteiger partial charge in [-0.2, -0.15) is 0 Å². The zero-order chi connectivity index (χ0) is 14.8. The SMILES string of the molecule is Clc1ccc(Oc2ccc(Br)cc2Br)c(CNC2CC2)c1. The molecule has 0 heterocycles. The van der Waals surface area contributed by atoms with E-state index < -0.39 is 0 Å². The molecule has 110 valence electrons. The Labute approximate surface area is 146 Å². The van der Waals surface area contributed by atoms with E-state index in [4.69, 9.17) is 16.3 Å². The Morgan fingerprint density at radius 3 is 2.57 bits per heavy atom. The third-order valence-electron chi connectivity index (χ3n) is 3.29. The second-order valence-corrected chi connectivity index (χ2v) is 7.29. The summed E-state index contributed by atoms with van der Waals surface area (Å²) in [6.07, 6.45) is 2.52. The van der Waals surface area contributed by atoms with Crippen LogP contribution < -0.4 is 10.1 Å². The molecule has 3 rings (SSSR count). The molecule has 2 aromatic rings. The molecule has 2 aromatic carbocycles. The van der Waals surface area contributed by atoms with Crippen molar-refractivity contribution in [1.82, 2.24) is 5.32 Å². The van der Waals surface area contributed by atoms with Gasteiger partial charge in [-0.25, -0.2) is 0 Å². The standard InChI is InChI=1S/C16H14Br2ClNO/c17-11-1-5-16(14(18)8-11)21-15-6-2-12(19)7-10(15)9-20-13-3-4-13/h1-2,5-8,13,20H,3-4,9H2. The minimum atomic E-state index is 0.649. The lowest BCUT2D eigenvalue weighted by Gasteiger charge is -2.13. The highest BCUT2D eigenvalue weighted by molar-refractivity contribution is 9.11. The normalized spacial score (nSPS) is 14.2. The van der Waals surface area contributed by atoms with E-state index in [1.165, 1.54) is 12.8 Å². The van der Waals surface area contributed by atoms with E-state index in [2.05, 4.69) is 37.2 Å². The van der Waals surface area contributed by atoms with Crippen molar-refractivity contribution in [2.75, 3.05) is 0 Å². The molecule has 21 heavy (non-hydrogen) atoms. The number of hydrogen-bond acceptors (Lipinski definition) is 2. The summed E-state index contributed by atoms with van der Waals surface area (Å²) in [6, 6.07) is 12.2. The Balaban J connectivity index is 1.82. The van der Waals surface area contributed by atoms with E-state index in [1.807, 2.05) is 36.4 Å². The molecule has 0 atom stereocenters. The summed E-state index contributed by atoms with van der Waals surface area (Å²) in [5.41, 5.74) is 1.07. The molecule has 0 unspecified atom stereocenters. The largest absolute Gasteiger partial charge is 0.456 e. The quantitative estimate of drug-likeness (QED) is 0.636. The van der Waals surface area contributed by atoms with Crippen molar-refractivity contribution in [3.05, 3.63) is 55.9 Å². The Morgan fingerprint density at radius 2 is 1.86 bits per heavy atom. The Bertz CT molecular complexity index is 659. The van der Waals surface area contributed by atoms with Gasteiger partial charge in [-0.3, -0.25) is 0 Å². The molecule has 5 heteroatoms. The predicted octanol–water partition coefficient (Wildman–Crippen LogP) is 5.91. The molecular weight excluding hydrogens is 417 g/mol. The molecule has 1 aliphatic rings. The first-order chi connectivity index (χ1) is 10.1. The maximum absolute atomic E-state index is 6.10. The number of hydrogen-bond donors (Lipinski definition) is 1. The molecule has 1 fully saturated rings. The summed E-state index contributed by atoms with van der Waals surface area (Å²) in [4.78, 5) is 0. The van der Waals surface area contributed by atoms with Crippen LogP contribution in [0.15, 0.2) is 45.3 Å². The van der Waals surface area contributed by atoms with Crippen molar-refractivity contribution in [3.8, 4) is 11.5 Å². The second kappa shape index (κ2) is 6.69. The van der Waals surface area contributed by atoms with Crippen LogP contribution in [0.2, 0.25) is 5.02 Å². The minimum Gasteiger partial charge on any atom is -0.456 e. The van der Waals surface area contributed by atoms with E-state index in [9.17, 15) is 0 Å². The molecule has 1 aliphatic carbocycles. The molecule has 0 radical (unpaired) electrons. The monoisotopic (exact) mass is 429 g/mol. The second-order valence-electron chi connectivity index (χ2n) is 5.08. The van der Waals surface area contributed by atoms with Crippen molar-refractivity contribution < 1.29 is 4.74 Å². The highest BCUT2D eigenvalue weighted by atomic mass is 79.9. The van der Waals surface area contributed by atoms with Crippen molar-refractivity contribution in [3.63, 3.8) is 0 Å². The van der Waals surface area contributed by atoms with Gasteiger partial charge in [0.1, 0.15) is 11.5 Å². The topological polar surface area (TPSA) is 21.3 Å². The van der Waals surface area contributed by atoms with E-state index >= 15 is 0 Å². The summed E-state index contributed by atoms with van der Waals surface area (Å²) < 4.78 is 7.95. The molecule has 0 aromatic heterocycles. The van der Waals surface area contributed by atoms with Gasteiger partial charge in [0.05, 0.1) is 4.47 Å². The van der Waals surface area contributed by atoms with E-state index in [1.54, 1.807) is 0 Å². The zero-order valence-electron chi connectivity index (χ0n) is 11.2. The number of nitrogens with one attached hydrogen (secondary N) is 1. The van der Waals surface area contributed by atoms with E-state index in [0.29, 0.717) is 6.04 Å². The molecule has 1 N–H and O–H groups in total. The van der Waals surface area contributed by atoms with Crippen LogP contribution in [0.1, 0.15) is 18.4 Å². The van der Waals surface area contributed by atoms with Gasteiger partial charge in [-0.05, 0) is 65.2 Å². The summed E-state index contributed by atoms with van der Waals surface area (Å²) in [5, 5.41) is 4.22. The van der Waals surface area contributed by atoms with Gasteiger partial charge in [0.2, 0.25) is 0 Å². The minimum absolute atomic E-state index is 0.649. The summed E-state index contributed by atoms with van der Waals surface area (Å²) >= 11 is 13.1. The first kappa shape index (κ1) is 15.3. The fourth-order valence-corrected chi connectivity index (χ4v) is 3.33. The van der Waals surface area contributed by atoms with Crippen molar-refractivity contribution in [1.29, 1.82) is 0 Å². The maximum Gasteiger partial charge on any atom is 0.141 e. The first-order valence-electron chi connectivity index (χ1n) is 6.76. The fraction of sp³-hybridized carbons (Fsp3) is 0.250. The lowest BCUT2D eigenvalue weighted by molar-refractivity contribution is 0.469. The van der Waals surface area contributed by atoms with Crippen LogP contribution in [0.25, 0.3) is 0 Å². The third kappa shape index (κ3) is 4.22. The average molecular weight is 432 g/mol. The zero-order valence-corrected chi connectivity index (χ0v) is 15.1. The summed E-state index contributed by atoms with van der Waals surface area (Å²) in [6.45, 7) is 0.773. The van der Waals surface area contributed by atoms with Gasteiger partial charge < -0.3 is 10.1 Å². The number of rotatable bonds is 5. The van der Waals surface area contributed by atoms with Crippen LogP contribution in [0.5, 0.6) is 11.5 Å². The number of ether oxygens (including phenoxy) is 1. The van der Waals surface area contributed by atoms with Gasteiger partial charge in [0.15, 0.2) is 0 Å². The summed E-state index contributed by atoms with van der Waals surface area (Å²) in [7, 11) is 0.